The summed E-state index contributed by atoms with van der Waals surface area (Å²) in [5, 5.41) is 22.2. The van der Waals surface area contributed by atoms with E-state index in [9.17, 15) is 10.5 Å². The average molecular weight is 354 g/mol. The molecule has 0 atom stereocenters. The molecular formula is C23H19N2P. The van der Waals surface area contributed by atoms with Crippen LogP contribution >= 0.6 is 7.26 Å². The second-order valence-corrected chi connectivity index (χ2v) is 10.00. The minimum atomic E-state index is -2.40. The number of rotatable bonds is 5. The number of hydrogen-bond acceptors (Lipinski definition) is 2. The van der Waals surface area contributed by atoms with Gasteiger partial charge < -0.3 is 0 Å². The summed E-state index contributed by atoms with van der Waals surface area (Å²) < 4.78 is 0. The van der Waals surface area contributed by atoms with Crippen LogP contribution in [0.25, 0.3) is 0 Å². The third-order valence-corrected chi connectivity index (χ3v) is 9.43. The summed E-state index contributed by atoms with van der Waals surface area (Å²) >= 11 is 0. The van der Waals surface area contributed by atoms with E-state index in [1.165, 1.54) is 15.9 Å². The van der Waals surface area contributed by atoms with Gasteiger partial charge in [0.05, 0.1) is 0 Å². The molecular weight excluding hydrogens is 335 g/mol. The molecule has 0 radical (unpaired) electrons. The first-order valence-electron chi connectivity index (χ1n) is 8.48. The Morgan fingerprint density at radius 3 is 1.31 bits per heavy atom. The summed E-state index contributed by atoms with van der Waals surface area (Å²) in [4.78, 5) is 0. The number of hydrogen-bond donors (Lipinski definition) is 0. The van der Waals surface area contributed by atoms with Gasteiger partial charge in [0, 0.05) is 0 Å². The van der Waals surface area contributed by atoms with Crippen LogP contribution in [0.15, 0.2) is 103 Å². The molecule has 0 amide bonds. The average Bonchev–Trinajstić information content (AvgIpc) is 2.74. The van der Waals surface area contributed by atoms with Gasteiger partial charge in [-0.3, -0.25) is 0 Å². The fraction of sp³-hybridized carbons (Fsp3) is 0.0435. The summed E-state index contributed by atoms with van der Waals surface area (Å²) in [6.45, 7) is 0. The van der Waals surface area contributed by atoms with Crippen molar-refractivity contribution in [1.29, 1.82) is 10.5 Å². The molecule has 0 unspecified atom stereocenters. The third-order valence-electron chi connectivity index (χ3n) is 4.65. The summed E-state index contributed by atoms with van der Waals surface area (Å²) in [7, 11) is -2.40. The molecule has 3 rings (SSSR count). The minimum absolute atomic E-state index is 0.171. The van der Waals surface area contributed by atoms with Crippen LogP contribution in [-0.4, -0.2) is 6.16 Å². The standard InChI is InChI=1S/C23H19N2P/c24-18-20(19-25)16-17-26(21-10-4-1-5-11-21,22-12-6-2-7-13-22)23-14-8-3-9-15-23/h1-16,26H,17H2. The number of allylic oxidation sites excluding steroid dienone is 2. The molecule has 0 aliphatic carbocycles. The molecule has 126 valence electrons. The van der Waals surface area contributed by atoms with E-state index in [1.54, 1.807) is 6.08 Å². The predicted molar refractivity (Wildman–Crippen MR) is 111 cm³/mol. The monoisotopic (exact) mass is 354 g/mol. The molecule has 2 nitrogen and oxygen atoms in total. The Balaban J connectivity index is 2.30. The van der Waals surface area contributed by atoms with Gasteiger partial charge in [-0.05, 0) is 0 Å². The molecule has 0 aliphatic heterocycles. The molecule has 0 saturated heterocycles. The van der Waals surface area contributed by atoms with E-state index in [0.717, 1.165) is 0 Å². The first kappa shape index (κ1) is 17.6. The maximum atomic E-state index is 9.21. The van der Waals surface area contributed by atoms with Crippen LogP contribution in [0, 0.1) is 22.7 Å². The van der Waals surface area contributed by atoms with Gasteiger partial charge in [0.1, 0.15) is 0 Å². The number of benzene rings is 3. The molecule has 0 spiro atoms. The van der Waals surface area contributed by atoms with Crippen LogP contribution in [-0.2, 0) is 0 Å². The van der Waals surface area contributed by atoms with Crippen molar-refractivity contribution in [2.24, 2.45) is 0 Å². The Morgan fingerprint density at radius 1 is 0.654 bits per heavy atom. The van der Waals surface area contributed by atoms with Gasteiger partial charge >= 0.3 is 155 Å². The Bertz CT molecular complexity index is 853. The normalized spacial score (nSPS) is 11.0. The number of nitrogens with zero attached hydrogens (tertiary/aromatic N) is 2. The fourth-order valence-corrected chi connectivity index (χ4v) is 7.89. The maximum absolute atomic E-state index is 9.21. The zero-order chi connectivity index (χ0) is 18.2. The van der Waals surface area contributed by atoms with Crippen molar-refractivity contribution in [3.8, 4) is 12.1 Å². The van der Waals surface area contributed by atoms with Crippen LogP contribution < -0.4 is 15.9 Å². The van der Waals surface area contributed by atoms with Crippen LogP contribution in [0.3, 0.4) is 0 Å². The van der Waals surface area contributed by atoms with Crippen LogP contribution in [0.1, 0.15) is 0 Å². The van der Waals surface area contributed by atoms with Crippen LogP contribution in [0.4, 0.5) is 0 Å². The van der Waals surface area contributed by atoms with Crippen molar-refractivity contribution in [2.75, 3.05) is 6.16 Å². The van der Waals surface area contributed by atoms with E-state index >= 15 is 0 Å². The number of nitriles is 2. The predicted octanol–water partition coefficient (Wildman–Crippen LogP) is 3.69. The van der Waals surface area contributed by atoms with Crippen molar-refractivity contribution in [1.82, 2.24) is 0 Å². The van der Waals surface area contributed by atoms with E-state index in [4.69, 9.17) is 0 Å². The molecule has 0 aliphatic rings. The van der Waals surface area contributed by atoms with Crippen LogP contribution in [0.2, 0.25) is 0 Å². The quantitative estimate of drug-likeness (QED) is 0.518. The van der Waals surface area contributed by atoms with Gasteiger partial charge in [0.25, 0.3) is 0 Å². The van der Waals surface area contributed by atoms with E-state index in [-0.39, 0.29) is 5.57 Å². The van der Waals surface area contributed by atoms with Crippen molar-refractivity contribution in [2.45, 2.75) is 0 Å². The van der Waals surface area contributed by atoms with E-state index in [2.05, 4.69) is 72.8 Å². The zero-order valence-electron chi connectivity index (χ0n) is 14.3. The molecule has 0 saturated carbocycles. The first-order valence-corrected chi connectivity index (χ1v) is 10.7. The molecule has 0 aromatic heterocycles. The molecule has 3 aromatic carbocycles. The van der Waals surface area contributed by atoms with E-state index < -0.39 is 7.26 Å². The Morgan fingerprint density at radius 2 is 1.00 bits per heavy atom. The molecule has 3 aromatic rings. The van der Waals surface area contributed by atoms with Gasteiger partial charge in [-0.1, -0.05) is 0 Å². The Labute approximate surface area is 155 Å². The first-order chi connectivity index (χ1) is 12.8. The van der Waals surface area contributed by atoms with Crippen molar-refractivity contribution in [3.05, 3.63) is 103 Å². The van der Waals surface area contributed by atoms with Gasteiger partial charge in [-0.2, -0.15) is 0 Å². The van der Waals surface area contributed by atoms with E-state index in [1.807, 2.05) is 30.3 Å². The molecule has 0 bridgehead atoms. The van der Waals surface area contributed by atoms with E-state index in [0.29, 0.717) is 6.16 Å². The molecule has 3 heteroatoms. The molecule has 0 N–H and O–H groups in total. The molecule has 0 fully saturated rings. The van der Waals surface area contributed by atoms with Crippen LogP contribution in [0.5, 0.6) is 0 Å². The summed E-state index contributed by atoms with van der Waals surface area (Å²) in [5.74, 6) is 0. The Hall–Kier alpha value is -3.19. The van der Waals surface area contributed by atoms with Crippen molar-refractivity contribution < 1.29 is 0 Å². The summed E-state index contributed by atoms with van der Waals surface area (Å²) in [5.41, 5.74) is 0.171. The third kappa shape index (κ3) is 3.43. The second-order valence-electron chi connectivity index (χ2n) is 6.05. The van der Waals surface area contributed by atoms with Gasteiger partial charge in [-0.15, -0.1) is 0 Å². The fourth-order valence-electron chi connectivity index (χ4n) is 3.39. The molecule has 0 heterocycles. The summed E-state index contributed by atoms with van der Waals surface area (Å²) in [6, 6.07) is 35.4. The molecule has 26 heavy (non-hydrogen) atoms. The van der Waals surface area contributed by atoms with Gasteiger partial charge in [-0.25, -0.2) is 0 Å². The SMILES string of the molecule is N#CC(C#N)=CC[PH](c1ccccc1)(c1ccccc1)c1ccccc1. The summed E-state index contributed by atoms with van der Waals surface area (Å²) in [6.07, 6.45) is 2.47. The second kappa shape index (κ2) is 8.26. The van der Waals surface area contributed by atoms with Crippen molar-refractivity contribution in [3.63, 3.8) is 0 Å². The van der Waals surface area contributed by atoms with Gasteiger partial charge in [0.2, 0.25) is 0 Å². The van der Waals surface area contributed by atoms with Gasteiger partial charge in [0.15, 0.2) is 0 Å². The zero-order valence-corrected chi connectivity index (χ0v) is 15.3. The van der Waals surface area contributed by atoms with Crippen molar-refractivity contribution >= 4 is 23.2 Å². The Kier molecular flexibility index (Phi) is 5.60. The topological polar surface area (TPSA) is 47.6 Å².